The third-order valence-electron chi connectivity index (χ3n) is 11.4. The number of nitrogens with two attached hydrogens (primary N) is 2. The Morgan fingerprint density at radius 3 is 2.21 bits per heavy atom. The minimum atomic E-state index is -1.31. The lowest BCUT2D eigenvalue weighted by Crippen LogP contribution is -2.66. The molecule has 0 bridgehead atoms. The van der Waals surface area contributed by atoms with Crippen molar-refractivity contribution in [2.24, 2.45) is 16.9 Å². The van der Waals surface area contributed by atoms with Crippen molar-refractivity contribution in [2.45, 2.75) is 76.8 Å². The summed E-state index contributed by atoms with van der Waals surface area (Å²) in [4.78, 5) is 67.1. The van der Waals surface area contributed by atoms with Crippen LogP contribution >= 0.6 is 0 Å². The highest BCUT2D eigenvalue weighted by molar-refractivity contribution is 6.23. The molecule has 0 radical (unpaired) electrons. The highest BCUT2D eigenvalue weighted by Crippen LogP contribution is 2.55. The molecule has 12 heteroatoms. The summed E-state index contributed by atoms with van der Waals surface area (Å²) in [7, 11) is 0. The average Bonchev–Trinajstić information content (AvgIpc) is 3.85. The van der Waals surface area contributed by atoms with Crippen molar-refractivity contribution in [3.05, 3.63) is 93.9 Å². The Hall–Kier alpha value is -5.83. The van der Waals surface area contributed by atoms with Crippen molar-refractivity contribution in [3.63, 3.8) is 0 Å². The summed E-state index contributed by atoms with van der Waals surface area (Å²) >= 11 is 0. The number of rotatable bonds is 12. The number of nitriles is 1. The van der Waals surface area contributed by atoms with Crippen LogP contribution in [0.1, 0.15) is 89.8 Å². The predicted molar refractivity (Wildman–Crippen MR) is 197 cm³/mol. The van der Waals surface area contributed by atoms with Gasteiger partial charge in [-0.2, -0.15) is 5.26 Å². The largest absolute Gasteiger partial charge is 0.402 e. The lowest BCUT2D eigenvalue weighted by atomic mass is 9.60. The van der Waals surface area contributed by atoms with Crippen LogP contribution in [-0.2, 0) is 19.8 Å². The van der Waals surface area contributed by atoms with Gasteiger partial charge in [-0.15, -0.1) is 0 Å². The number of hydrogen-bond acceptors (Lipinski definition) is 9. The molecule has 3 amide bonds. The number of primary amides is 1. The van der Waals surface area contributed by atoms with Gasteiger partial charge in [-0.25, -0.2) is 4.39 Å². The van der Waals surface area contributed by atoms with Crippen LogP contribution in [0.2, 0.25) is 0 Å². The highest BCUT2D eigenvalue weighted by Gasteiger charge is 2.55. The summed E-state index contributed by atoms with van der Waals surface area (Å²) in [6.07, 6.45) is 3.66. The van der Waals surface area contributed by atoms with Gasteiger partial charge >= 0.3 is 0 Å². The fraction of sp³-hybridized carbons (Fsp3) is 0.366. The molecule has 2 aliphatic heterocycles. The number of fused-ring (bicyclic) bond motifs is 1. The second kappa shape index (κ2) is 13.0. The number of imide groups is 1. The van der Waals surface area contributed by atoms with E-state index >= 15 is 4.39 Å². The quantitative estimate of drug-likeness (QED) is 0.145. The highest BCUT2D eigenvalue weighted by atomic mass is 19.1. The molecule has 4 N–H and O–H groups in total. The van der Waals surface area contributed by atoms with E-state index in [0.717, 1.165) is 64.7 Å². The zero-order valence-electron chi connectivity index (χ0n) is 29.9. The van der Waals surface area contributed by atoms with Gasteiger partial charge < -0.3 is 26.1 Å². The van der Waals surface area contributed by atoms with Crippen molar-refractivity contribution in [2.75, 3.05) is 22.9 Å². The number of nitrogens with zero attached hydrogens (tertiary/aromatic N) is 4. The molecule has 1 unspecified atom stereocenters. The number of aryl methyl sites for hydroxylation is 1. The van der Waals surface area contributed by atoms with Crippen LogP contribution in [0, 0.1) is 29.5 Å². The Morgan fingerprint density at radius 2 is 1.66 bits per heavy atom. The molecule has 3 fully saturated rings. The van der Waals surface area contributed by atoms with E-state index in [0.29, 0.717) is 30.6 Å². The molecule has 53 heavy (non-hydrogen) atoms. The predicted octanol–water partition coefficient (Wildman–Crippen LogP) is 5.20. The number of aldehydes is 1. The molecule has 3 aromatic carbocycles. The second-order valence-corrected chi connectivity index (χ2v) is 15.1. The van der Waals surface area contributed by atoms with Crippen LogP contribution in [0.25, 0.3) is 5.57 Å². The third-order valence-corrected chi connectivity index (χ3v) is 11.4. The first kappa shape index (κ1) is 35.6. The summed E-state index contributed by atoms with van der Waals surface area (Å²) in [5.74, 6) is -3.24. The fourth-order valence-electron chi connectivity index (χ4n) is 8.54. The van der Waals surface area contributed by atoms with Gasteiger partial charge in [0.25, 0.3) is 11.8 Å². The first-order valence-electron chi connectivity index (χ1n) is 17.8. The van der Waals surface area contributed by atoms with Crippen LogP contribution in [0.4, 0.5) is 21.5 Å². The molecule has 1 spiro atoms. The van der Waals surface area contributed by atoms with Crippen molar-refractivity contribution in [3.8, 4) is 6.07 Å². The number of amides is 3. The topological polar surface area (TPSA) is 171 Å². The molecular formula is C41H41FN6O5. The van der Waals surface area contributed by atoms with Gasteiger partial charge in [-0.3, -0.25) is 24.1 Å². The first-order chi connectivity index (χ1) is 25.2. The molecule has 1 atom stereocenters. The van der Waals surface area contributed by atoms with E-state index in [2.05, 4.69) is 23.1 Å². The minimum Gasteiger partial charge on any atom is -0.402 e. The Labute approximate surface area is 307 Å². The normalized spacial score (nSPS) is 19.1. The third kappa shape index (κ3) is 5.94. The molecule has 4 aliphatic rings. The van der Waals surface area contributed by atoms with Crippen LogP contribution in [0.5, 0.6) is 0 Å². The number of Topliss-reactive ketones (excluding diaryl/α,β-unsaturated/α-hetero) is 1. The van der Waals surface area contributed by atoms with Crippen molar-refractivity contribution >= 4 is 52.4 Å². The molecule has 272 valence electrons. The summed E-state index contributed by atoms with van der Waals surface area (Å²) in [5.41, 5.74) is 16.7. The van der Waals surface area contributed by atoms with Gasteiger partial charge in [0, 0.05) is 53.6 Å². The Kier molecular flexibility index (Phi) is 8.71. The maximum absolute atomic E-state index is 15.6. The summed E-state index contributed by atoms with van der Waals surface area (Å²) in [6, 6.07) is 17.7. The van der Waals surface area contributed by atoms with Gasteiger partial charge in [0.2, 0.25) is 5.91 Å². The number of hydrogen-bond donors (Lipinski definition) is 2. The maximum Gasteiger partial charge on any atom is 0.262 e. The Morgan fingerprint density at radius 1 is 1.02 bits per heavy atom. The Bertz CT molecular complexity index is 2150. The Balaban J connectivity index is 1.14. The molecule has 1 saturated heterocycles. The zero-order valence-corrected chi connectivity index (χ0v) is 29.9. The molecule has 11 nitrogen and oxygen atoms in total. The summed E-state index contributed by atoms with van der Waals surface area (Å²) in [6.45, 7) is 6.32. The standard InChI is InChI=1S/C41H41FN6O5/c1-23-6-7-26(36(24(2)44)25(3)50)15-34(23)47(28-10-8-27(9-11-28)41(20-43)12-13-41)29-18-40(19-29)21-46(22-40)35-17-31-30(16-32(35)42)38(52)48(39(31)53)33(37(45)51)5-4-14-49/h6-11,14-17,29,33H,4-5,12-13,18-19,21-22,44H2,1-3H3,(H2,45,51). The number of carbonyl (C=O) groups is 5. The SMILES string of the molecule is CC(=O)C(=C(C)N)c1ccc(C)c(N(c2ccc(C3(C#N)CC3)cc2)C2CC3(C2)CN(c2cc4c(cc2F)C(=O)N(C(CCC=O)C(N)=O)C4=O)C3)c1. The van der Waals surface area contributed by atoms with E-state index in [-0.39, 0.29) is 46.9 Å². The van der Waals surface area contributed by atoms with Crippen LogP contribution < -0.4 is 21.3 Å². The van der Waals surface area contributed by atoms with Crippen LogP contribution in [0.3, 0.4) is 0 Å². The monoisotopic (exact) mass is 716 g/mol. The van der Waals surface area contributed by atoms with Crippen molar-refractivity contribution in [1.82, 2.24) is 4.90 Å². The van der Waals surface area contributed by atoms with Gasteiger partial charge in [-0.05, 0) is 99.9 Å². The second-order valence-electron chi connectivity index (χ2n) is 15.1. The number of halogens is 1. The summed E-state index contributed by atoms with van der Waals surface area (Å²) < 4.78 is 15.6. The molecule has 2 saturated carbocycles. The average molecular weight is 717 g/mol. The van der Waals surface area contributed by atoms with Crippen molar-refractivity contribution < 1.29 is 28.4 Å². The van der Waals surface area contributed by atoms with E-state index in [4.69, 9.17) is 11.5 Å². The van der Waals surface area contributed by atoms with E-state index in [1.165, 1.54) is 13.0 Å². The van der Waals surface area contributed by atoms with Gasteiger partial charge in [0.15, 0.2) is 5.78 Å². The molecule has 2 heterocycles. The van der Waals surface area contributed by atoms with Gasteiger partial charge in [0.1, 0.15) is 18.1 Å². The molecule has 7 rings (SSSR count). The molecule has 0 aromatic heterocycles. The van der Waals surface area contributed by atoms with Crippen LogP contribution in [0.15, 0.2) is 60.3 Å². The first-order valence-corrected chi connectivity index (χ1v) is 17.8. The van der Waals surface area contributed by atoms with Gasteiger partial charge in [-0.1, -0.05) is 24.3 Å². The smallest absolute Gasteiger partial charge is 0.262 e. The van der Waals surface area contributed by atoms with E-state index in [1.807, 2.05) is 42.2 Å². The maximum atomic E-state index is 15.6. The molecule has 3 aromatic rings. The number of ketones is 1. The molecule has 2 aliphatic carbocycles. The summed E-state index contributed by atoms with van der Waals surface area (Å²) in [5, 5.41) is 9.78. The number of benzene rings is 3. The van der Waals surface area contributed by atoms with E-state index < -0.39 is 35.0 Å². The van der Waals surface area contributed by atoms with Gasteiger partial charge in [0.05, 0.1) is 28.3 Å². The van der Waals surface area contributed by atoms with E-state index in [1.54, 1.807) is 6.92 Å². The molecular weight excluding hydrogens is 675 g/mol. The number of carbonyl (C=O) groups excluding carboxylic acids is 5. The lowest BCUT2D eigenvalue weighted by molar-refractivity contribution is -0.122. The number of allylic oxidation sites excluding steroid dienone is 2. The number of anilines is 3. The van der Waals surface area contributed by atoms with E-state index in [9.17, 15) is 29.2 Å². The van der Waals surface area contributed by atoms with Crippen LogP contribution in [-0.4, -0.2) is 59.9 Å². The fourth-order valence-corrected chi connectivity index (χ4v) is 8.54. The minimum absolute atomic E-state index is 0.00256. The lowest BCUT2D eigenvalue weighted by Gasteiger charge is -2.62. The zero-order chi connectivity index (χ0) is 38.0. The van der Waals surface area contributed by atoms with Crippen molar-refractivity contribution in [1.29, 1.82) is 5.26 Å².